The molecule has 2 amide bonds. The van der Waals surface area contributed by atoms with Crippen LogP contribution in [0, 0.1) is 13.8 Å². The monoisotopic (exact) mass is 314 g/mol. The van der Waals surface area contributed by atoms with Gasteiger partial charge in [0.15, 0.2) is 5.82 Å². The highest BCUT2D eigenvalue weighted by atomic mass is 16.5. The predicted octanol–water partition coefficient (Wildman–Crippen LogP) is 2.06. The summed E-state index contributed by atoms with van der Waals surface area (Å²) in [7, 11) is 0. The van der Waals surface area contributed by atoms with Crippen LogP contribution in [-0.4, -0.2) is 26.4 Å². The second kappa shape index (κ2) is 6.26. The average molecular weight is 314 g/mol. The van der Waals surface area contributed by atoms with Crippen LogP contribution in [0.25, 0.3) is 11.5 Å². The number of hydrogen-bond acceptors (Lipinski definition) is 7. The van der Waals surface area contributed by atoms with Crippen molar-refractivity contribution in [3.63, 3.8) is 0 Å². The van der Waals surface area contributed by atoms with Gasteiger partial charge in [-0.1, -0.05) is 5.16 Å². The van der Waals surface area contributed by atoms with E-state index in [-0.39, 0.29) is 12.6 Å². The molecule has 2 aromatic heterocycles. The van der Waals surface area contributed by atoms with Gasteiger partial charge in [-0.05, 0) is 24.3 Å². The summed E-state index contributed by atoms with van der Waals surface area (Å²) < 4.78 is 10.2. The highest BCUT2D eigenvalue weighted by molar-refractivity contribution is 5.89. The standard InChI is InChI=1S/C14H14N6O3/c1-8-16-12(20-23-8)7-15-14(21)17-11-5-3-10(4-6-11)13-19-18-9(2)22-13/h3-6H,7H2,1-2H3,(H2,15,17,21). The molecule has 0 saturated heterocycles. The van der Waals surface area contributed by atoms with E-state index >= 15 is 0 Å². The van der Waals surface area contributed by atoms with Gasteiger partial charge in [-0.2, -0.15) is 4.98 Å². The number of benzene rings is 1. The van der Waals surface area contributed by atoms with E-state index in [0.29, 0.717) is 29.2 Å². The quantitative estimate of drug-likeness (QED) is 0.756. The fraction of sp³-hybridized carbons (Fsp3) is 0.214. The summed E-state index contributed by atoms with van der Waals surface area (Å²) in [5, 5.41) is 16.7. The van der Waals surface area contributed by atoms with Crippen molar-refractivity contribution in [3.05, 3.63) is 41.9 Å². The Morgan fingerprint density at radius 2 is 1.91 bits per heavy atom. The van der Waals surface area contributed by atoms with Gasteiger partial charge >= 0.3 is 6.03 Å². The number of nitrogens with zero attached hydrogens (tertiary/aromatic N) is 4. The first-order valence-electron chi connectivity index (χ1n) is 6.85. The summed E-state index contributed by atoms with van der Waals surface area (Å²) in [6, 6.07) is 6.68. The van der Waals surface area contributed by atoms with Crippen molar-refractivity contribution < 1.29 is 13.7 Å². The number of carbonyl (C=O) groups is 1. The van der Waals surface area contributed by atoms with Gasteiger partial charge in [-0.15, -0.1) is 10.2 Å². The highest BCUT2D eigenvalue weighted by Crippen LogP contribution is 2.19. The third-order valence-electron chi connectivity index (χ3n) is 2.89. The Morgan fingerprint density at radius 1 is 1.13 bits per heavy atom. The van der Waals surface area contributed by atoms with E-state index in [1.54, 1.807) is 38.1 Å². The van der Waals surface area contributed by atoms with Crippen molar-refractivity contribution in [2.75, 3.05) is 5.32 Å². The molecule has 0 unspecified atom stereocenters. The fourth-order valence-corrected chi connectivity index (χ4v) is 1.86. The Labute approximate surface area is 131 Å². The van der Waals surface area contributed by atoms with Crippen molar-refractivity contribution in [2.24, 2.45) is 0 Å². The van der Waals surface area contributed by atoms with Crippen LogP contribution in [0.5, 0.6) is 0 Å². The lowest BCUT2D eigenvalue weighted by Gasteiger charge is -2.06. The normalized spacial score (nSPS) is 10.5. The van der Waals surface area contributed by atoms with Crippen molar-refractivity contribution in [2.45, 2.75) is 20.4 Å². The number of nitrogens with one attached hydrogen (secondary N) is 2. The van der Waals surface area contributed by atoms with Crippen molar-refractivity contribution >= 4 is 11.7 Å². The average Bonchev–Trinajstić information content (AvgIpc) is 3.15. The first kappa shape index (κ1) is 14.7. The van der Waals surface area contributed by atoms with Crippen LogP contribution in [0.3, 0.4) is 0 Å². The molecule has 9 nitrogen and oxygen atoms in total. The first-order valence-corrected chi connectivity index (χ1v) is 6.85. The van der Waals surface area contributed by atoms with E-state index in [1.165, 1.54) is 0 Å². The van der Waals surface area contributed by atoms with Gasteiger partial charge in [0, 0.05) is 25.1 Å². The molecule has 0 fully saturated rings. The topological polar surface area (TPSA) is 119 Å². The predicted molar refractivity (Wildman–Crippen MR) is 79.4 cm³/mol. The maximum atomic E-state index is 11.8. The molecule has 0 saturated carbocycles. The zero-order valence-corrected chi connectivity index (χ0v) is 12.5. The molecule has 0 aliphatic rings. The van der Waals surface area contributed by atoms with Gasteiger partial charge in [0.2, 0.25) is 17.7 Å². The summed E-state index contributed by atoms with van der Waals surface area (Å²) in [6.45, 7) is 3.59. The van der Waals surface area contributed by atoms with E-state index in [4.69, 9.17) is 8.94 Å². The van der Waals surface area contributed by atoms with E-state index < -0.39 is 0 Å². The van der Waals surface area contributed by atoms with E-state index in [0.717, 1.165) is 5.56 Å². The number of urea groups is 1. The van der Waals surface area contributed by atoms with Crippen LogP contribution in [0.2, 0.25) is 0 Å². The maximum Gasteiger partial charge on any atom is 0.319 e. The van der Waals surface area contributed by atoms with Crippen LogP contribution in [-0.2, 0) is 6.54 Å². The van der Waals surface area contributed by atoms with Crippen molar-refractivity contribution in [1.29, 1.82) is 0 Å². The van der Waals surface area contributed by atoms with Crippen LogP contribution in [0.15, 0.2) is 33.2 Å². The van der Waals surface area contributed by atoms with Crippen molar-refractivity contribution in [3.8, 4) is 11.5 Å². The summed E-state index contributed by atoms with van der Waals surface area (Å²) in [4.78, 5) is 15.8. The molecule has 0 radical (unpaired) electrons. The molecular formula is C14H14N6O3. The number of aromatic nitrogens is 4. The minimum absolute atomic E-state index is 0.183. The van der Waals surface area contributed by atoms with E-state index in [1.807, 2.05) is 0 Å². The molecule has 0 bridgehead atoms. The lowest BCUT2D eigenvalue weighted by Crippen LogP contribution is -2.28. The number of rotatable bonds is 4. The molecule has 3 aromatic rings. The summed E-state index contributed by atoms with van der Waals surface area (Å²) in [5.41, 5.74) is 1.41. The van der Waals surface area contributed by atoms with Gasteiger partial charge in [-0.25, -0.2) is 4.79 Å². The number of anilines is 1. The minimum Gasteiger partial charge on any atom is -0.421 e. The molecule has 2 heterocycles. The summed E-state index contributed by atoms with van der Waals surface area (Å²) in [6.07, 6.45) is 0. The molecule has 0 spiro atoms. The number of aryl methyl sites for hydroxylation is 2. The van der Waals surface area contributed by atoms with Crippen molar-refractivity contribution in [1.82, 2.24) is 25.7 Å². The number of carbonyl (C=O) groups excluding carboxylic acids is 1. The van der Waals surface area contributed by atoms with E-state index in [9.17, 15) is 4.79 Å². The van der Waals surface area contributed by atoms with Crippen LogP contribution in [0.1, 0.15) is 17.6 Å². The molecule has 2 N–H and O–H groups in total. The zero-order chi connectivity index (χ0) is 16.2. The Hall–Kier alpha value is -3.23. The lowest BCUT2D eigenvalue weighted by atomic mass is 10.2. The third kappa shape index (κ3) is 3.70. The van der Waals surface area contributed by atoms with Crippen LogP contribution in [0.4, 0.5) is 10.5 Å². The van der Waals surface area contributed by atoms with Gasteiger partial charge < -0.3 is 19.6 Å². The maximum absolute atomic E-state index is 11.8. The SMILES string of the molecule is Cc1nc(CNC(=O)Nc2ccc(-c3nnc(C)o3)cc2)no1. The Balaban J connectivity index is 1.56. The Kier molecular flexibility index (Phi) is 4.00. The molecule has 23 heavy (non-hydrogen) atoms. The van der Waals surface area contributed by atoms with Gasteiger partial charge in [0.05, 0.1) is 6.54 Å². The molecule has 9 heteroatoms. The second-order valence-electron chi connectivity index (χ2n) is 4.74. The largest absolute Gasteiger partial charge is 0.421 e. The molecule has 1 aromatic carbocycles. The molecule has 0 aliphatic carbocycles. The van der Waals surface area contributed by atoms with Crippen LogP contribution >= 0.6 is 0 Å². The van der Waals surface area contributed by atoms with E-state index in [2.05, 4.69) is 31.0 Å². The number of amides is 2. The third-order valence-corrected chi connectivity index (χ3v) is 2.89. The molecular weight excluding hydrogens is 300 g/mol. The Morgan fingerprint density at radius 3 is 2.52 bits per heavy atom. The molecule has 0 aliphatic heterocycles. The second-order valence-corrected chi connectivity index (χ2v) is 4.74. The van der Waals surface area contributed by atoms with Crippen LogP contribution < -0.4 is 10.6 Å². The lowest BCUT2D eigenvalue weighted by molar-refractivity contribution is 0.251. The molecule has 3 rings (SSSR count). The minimum atomic E-state index is -0.367. The highest BCUT2D eigenvalue weighted by Gasteiger charge is 2.08. The van der Waals surface area contributed by atoms with Gasteiger partial charge in [0.25, 0.3) is 0 Å². The first-order chi connectivity index (χ1) is 11.1. The fourth-order valence-electron chi connectivity index (χ4n) is 1.86. The molecule has 118 valence electrons. The molecule has 0 atom stereocenters. The summed E-state index contributed by atoms with van der Waals surface area (Å²) >= 11 is 0. The smallest absolute Gasteiger partial charge is 0.319 e. The van der Waals surface area contributed by atoms with Gasteiger partial charge in [0.1, 0.15) is 0 Å². The number of hydrogen-bond donors (Lipinski definition) is 2. The zero-order valence-electron chi connectivity index (χ0n) is 12.5. The van der Waals surface area contributed by atoms with Gasteiger partial charge in [-0.3, -0.25) is 0 Å². The summed E-state index contributed by atoms with van der Waals surface area (Å²) in [5.74, 6) is 1.80. The Bertz CT molecular complexity index is 808.